The summed E-state index contributed by atoms with van der Waals surface area (Å²) in [6.07, 6.45) is -1.20. The molecule has 48 heavy (non-hydrogen) atoms. The van der Waals surface area contributed by atoms with Crippen LogP contribution in [0.5, 0.6) is 5.75 Å². The Kier molecular flexibility index (Phi) is 11.9. The summed E-state index contributed by atoms with van der Waals surface area (Å²) in [7, 11) is -3.29. The highest BCUT2D eigenvalue weighted by Gasteiger charge is 2.38. The summed E-state index contributed by atoms with van der Waals surface area (Å²) in [6, 6.07) is 4.22. The van der Waals surface area contributed by atoms with Crippen molar-refractivity contribution >= 4 is 21.6 Å². The van der Waals surface area contributed by atoms with Gasteiger partial charge in [0.2, 0.25) is 5.95 Å². The van der Waals surface area contributed by atoms with Crippen molar-refractivity contribution in [1.29, 1.82) is 0 Å². The van der Waals surface area contributed by atoms with Crippen LogP contribution in [0.2, 0.25) is 0 Å². The quantitative estimate of drug-likeness (QED) is 0.158. The van der Waals surface area contributed by atoms with Gasteiger partial charge in [-0.1, -0.05) is 25.8 Å². The summed E-state index contributed by atoms with van der Waals surface area (Å²) in [5.41, 5.74) is -1.51. The first-order valence-corrected chi connectivity index (χ1v) is 18.0. The molecule has 0 amide bonds. The maximum atomic E-state index is 13.8. The first-order chi connectivity index (χ1) is 22.5. The van der Waals surface area contributed by atoms with Gasteiger partial charge in [-0.3, -0.25) is 0 Å². The monoisotopic (exact) mass is 701 g/mol. The molecule has 15 heteroatoms. The number of aryl methyl sites for hydroxylation is 1. The Morgan fingerprint density at radius 3 is 2.08 bits per heavy atom. The lowest BCUT2D eigenvalue weighted by Gasteiger charge is -2.33. The van der Waals surface area contributed by atoms with E-state index in [9.17, 15) is 34.8 Å². The van der Waals surface area contributed by atoms with E-state index in [0.29, 0.717) is 42.4 Å². The Labute approximate surface area is 277 Å². The largest absolute Gasteiger partial charge is 0.489 e. The Morgan fingerprint density at radius 1 is 0.958 bits per heavy atom. The third kappa shape index (κ3) is 9.95. The number of benzene rings is 1. The predicted molar refractivity (Wildman–Crippen MR) is 172 cm³/mol. The van der Waals surface area contributed by atoms with E-state index >= 15 is 0 Å². The number of pyridine rings is 1. The van der Waals surface area contributed by atoms with Gasteiger partial charge in [0.05, 0.1) is 41.9 Å². The van der Waals surface area contributed by atoms with Crippen molar-refractivity contribution in [2.45, 2.75) is 77.8 Å². The Balaban J connectivity index is 1.79. The molecular formula is C33H41F6N5O3S. The zero-order valence-electron chi connectivity index (χ0n) is 27.4. The first kappa shape index (κ1) is 37.2. The Morgan fingerprint density at radius 2 is 1.56 bits per heavy atom. The maximum Gasteiger partial charge on any atom is 0.416 e. The highest BCUT2D eigenvalue weighted by molar-refractivity contribution is 7.90. The molecule has 0 aliphatic heterocycles. The number of rotatable bonds is 14. The van der Waals surface area contributed by atoms with Crippen LogP contribution in [0, 0.1) is 5.92 Å². The summed E-state index contributed by atoms with van der Waals surface area (Å²) in [6.45, 7) is 6.78. The Hall–Kier alpha value is -3.62. The van der Waals surface area contributed by atoms with Crippen molar-refractivity contribution in [3.8, 4) is 5.75 Å². The predicted octanol–water partition coefficient (Wildman–Crippen LogP) is 7.68. The fourth-order valence-electron chi connectivity index (χ4n) is 5.79. The third-order valence-electron chi connectivity index (χ3n) is 8.51. The highest BCUT2D eigenvalue weighted by atomic mass is 32.2. The van der Waals surface area contributed by atoms with Crippen LogP contribution in [-0.2, 0) is 35.2 Å². The van der Waals surface area contributed by atoms with Crippen molar-refractivity contribution in [3.63, 3.8) is 0 Å². The fraction of sp³-hybridized carbons (Fsp3) is 0.545. The second kappa shape index (κ2) is 15.3. The normalized spacial score (nSPS) is 15.0. The topological polar surface area (TPSA) is 88.5 Å². The molecule has 0 N–H and O–H groups in total. The molecule has 3 aromatic rings. The van der Waals surface area contributed by atoms with Crippen LogP contribution in [0.25, 0.3) is 0 Å². The van der Waals surface area contributed by atoms with Crippen LogP contribution >= 0.6 is 0 Å². The lowest BCUT2D eigenvalue weighted by molar-refractivity contribution is -0.143. The molecule has 0 radical (unpaired) electrons. The second-order valence-corrected chi connectivity index (χ2v) is 14.4. The minimum atomic E-state index is -5.02. The molecular weight excluding hydrogens is 660 g/mol. The fourth-order valence-corrected chi connectivity index (χ4v) is 6.17. The molecule has 0 bridgehead atoms. The lowest BCUT2D eigenvalue weighted by atomic mass is 9.99. The van der Waals surface area contributed by atoms with Gasteiger partial charge in [0.1, 0.15) is 12.4 Å². The maximum absolute atomic E-state index is 13.8. The number of anilines is 2. The number of hydrogen-bond donors (Lipinski definition) is 0. The van der Waals surface area contributed by atoms with Crippen LogP contribution in [0.1, 0.15) is 80.4 Å². The number of alkyl halides is 6. The van der Waals surface area contributed by atoms with E-state index in [0.717, 1.165) is 44.2 Å². The molecule has 2 heterocycles. The van der Waals surface area contributed by atoms with Gasteiger partial charge in [-0.2, -0.15) is 26.3 Å². The second-order valence-electron chi connectivity index (χ2n) is 12.2. The van der Waals surface area contributed by atoms with E-state index in [2.05, 4.69) is 14.9 Å². The molecule has 0 spiro atoms. The number of halogens is 6. The van der Waals surface area contributed by atoms with Crippen LogP contribution in [0.15, 0.2) is 42.7 Å². The zero-order chi connectivity index (χ0) is 35.3. The number of nitrogens with zero attached hydrogens (tertiary/aromatic N) is 5. The summed E-state index contributed by atoms with van der Waals surface area (Å²) in [4.78, 5) is 17.4. The minimum Gasteiger partial charge on any atom is -0.489 e. The van der Waals surface area contributed by atoms with Crippen LogP contribution in [0.4, 0.5) is 38.1 Å². The van der Waals surface area contributed by atoms with Gasteiger partial charge in [0, 0.05) is 30.6 Å². The van der Waals surface area contributed by atoms with Crippen LogP contribution in [0.3, 0.4) is 0 Å². The van der Waals surface area contributed by atoms with E-state index < -0.39 is 39.4 Å². The number of sulfone groups is 1. The van der Waals surface area contributed by atoms with Crippen LogP contribution in [-0.4, -0.2) is 55.1 Å². The first-order valence-electron chi connectivity index (χ1n) is 15.9. The molecule has 1 aliphatic rings. The molecule has 1 aliphatic carbocycles. The molecule has 1 atom stereocenters. The van der Waals surface area contributed by atoms with Gasteiger partial charge in [0.25, 0.3) is 0 Å². The summed E-state index contributed by atoms with van der Waals surface area (Å²) in [5, 5.41) is 0. The van der Waals surface area contributed by atoms with Gasteiger partial charge in [-0.05, 0) is 68.9 Å². The summed E-state index contributed by atoms with van der Waals surface area (Å²) >= 11 is 0. The van der Waals surface area contributed by atoms with Crippen molar-refractivity contribution in [2.75, 3.05) is 41.5 Å². The highest BCUT2D eigenvalue weighted by Crippen LogP contribution is 2.39. The average Bonchev–Trinajstić information content (AvgIpc) is 3.54. The molecule has 264 valence electrons. The van der Waals surface area contributed by atoms with Crippen molar-refractivity contribution in [3.05, 3.63) is 70.7 Å². The smallest absolute Gasteiger partial charge is 0.416 e. The standard InChI is InChI=1S/C33H41F6N5O3S/c1-5-28-12-11-24(30(42-28)43(6-2)20-23-9-7-8-10-23)21-44(31-40-18-29(19-41-31)47-13-14-48(4,45)46)22(3)25-15-26(32(34,35)36)17-27(16-25)33(37,38)39/h11-12,15-19,22-23H,5-10,13-14,20-21H2,1-4H3. The van der Waals surface area contributed by atoms with Crippen molar-refractivity contribution < 1.29 is 39.5 Å². The molecule has 1 unspecified atom stereocenters. The van der Waals surface area contributed by atoms with Gasteiger partial charge in [0.15, 0.2) is 15.6 Å². The molecule has 4 rings (SSSR count). The van der Waals surface area contributed by atoms with E-state index in [1.807, 2.05) is 26.0 Å². The van der Waals surface area contributed by atoms with Crippen LogP contribution < -0.4 is 14.5 Å². The van der Waals surface area contributed by atoms with E-state index in [-0.39, 0.29) is 42.2 Å². The zero-order valence-corrected chi connectivity index (χ0v) is 28.2. The molecule has 1 fully saturated rings. The summed E-state index contributed by atoms with van der Waals surface area (Å²) < 4.78 is 111. The number of hydrogen-bond acceptors (Lipinski definition) is 8. The third-order valence-corrected chi connectivity index (χ3v) is 9.41. The van der Waals surface area contributed by atoms with E-state index in [1.54, 1.807) is 0 Å². The van der Waals surface area contributed by atoms with Gasteiger partial charge in [-0.25, -0.2) is 23.4 Å². The van der Waals surface area contributed by atoms with Gasteiger partial charge in [-0.15, -0.1) is 0 Å². The Bertz CT molecular complexity index is 1600. The van der Waals surface area contributed by atoms with Gasteiger partial charge >= 0.3 is 12.4 Å². The average molecular weight is 702 g/mol. The minimum absolute atomic E-state index is 0.0144. The van der Waals surface area contributed by atoms with Gasteiger partial charge < -0.3 is 14.5 Å². The number of ether oxygens (including phenoxy) is 1. The van der Waals surface area contributed by atoms with E-state index in [4.69, 9.17) is 9.72 Å². The lowest BCUT2D eigenvalue weighted by Crippen LogP contribution is -2.33. The number of aromatic nitrogens is 3. The molecule has 2 aromatic heterocycles. The molecule has 1 aromatic carbocycles. The summed E-state index contributed by atoms with van der Waals surface area (Å²) in [5.74, 6) is 1.11. The van der Waals surface area contributed by atoms with Crippen molar-refractivity contribution in [2.24, 2.45) is 5.92 Å². The van der Waals surface area contributed by atoms with Crippen molar-refractivity contribution in [1.82, 2.24) is 15.0 Å². The molecule has 0 saturated heterocycles. The molecule has 1 saturated carbocycles. The van der Waals surface area contributed by atoms with E-state index in [1.165, 1.54) is 24.2 Å². The molecule has 8 nitrogen and oxygen atoms in total. The SMILES string of the molecule is CCc1ccc(CN(c2ncc(OCCS(C)(=O)=O)cn2)C(C)c2cc(C(F)(F)F)cc(C(F)(F)F)c2)c(N(CC)CC2CCCC2)n1.